The van der Waals surface area contributed by atoms with E-state index >= 15 is 0 Å². The summed E-state index contributed by atoms with van der Waals surface area (Å²) >= 11 is 5.53. The van der Waals surface area contributed by atoms with Crippen molar-refractivity contribution in [2.45, 2.75) is 0 Å². The van der Waals surface area contributed by atoms with E-state index in [1.54, 1.807) is 12.1 Å². The molecule has 1 aromatic heterocycles. The summed E-state index contributed by atoms with van der Waals surface area (Å²) in [4.78, 5) is 3.76. The molecular formula is C6H7ClN2O. The SMILES string of the molecule is COc1ccc(Cl)nc1N. The normalized spacial score (nSPS) is 9.40. The van der Waals surface area contributed by atoms with Crippen molar-refractivity contribution in [3.63, 3.8) is 0 Å². The van der Waals surface area contributed by atoms with Gasteiger partial charge in [-0.25, -0.2) is 4.98 Å². The first-order valence-electron chi connectivity index (χ1n) is 2.70. The van der Waals surface area contributed by atoms with Crippen LogP contribution in [0.4, 0.5) is 5.82 Å². The molecule has 10 heavy (non-hydrogen) atoms. The fraction of sp³-hybridized carbons (Fsp3) is 0.167. The summed E-state index contributed by atoms with van der Waals surface area (Å²) in [5.74, 6) is 0.861. The lowest BCUT2D eigenvalue weighted by Gasteiger charge is -2.01. The minimum Gasteiger partial charge on any atom is -0.493 e. The molecule has 2 N–H and O–H groups in total. The van der Waals surface area contributed by atoms with Crippen LogP contribution >= 0.6 is 11.6 Å². The van der Waals surface area contributed by atoms with E-state index in [0.29, 0.717) is 16.7 Å². The van der Waals surface area contributed by atoms with E-state index in [0.717, 1.165) is 0 Å². The molecule has 0 spiro atoms. The Morgan fingerprint density at radius 1 is 1.60 bits per heavy atom. The lowest BCUT2D eigenvalue weighted by Crippen LogP contribution is -1.94. The second-order valence-electron chi connectivity index (χ2n) is 1.72. The Bertz CT molecular complexity index is 239. The highest BCUT2D eigenvalue weighted by Crippen LogP contribution is 2.19. The van der Waals surface area contributed by atoms with E-state index in [1.165, 1.54) is 7.11 Å². The number of rotatable bonds is 1. The van der Waals surface area contributed by atoms with Gasteiger partial charge in [0.15, 0.2) is 11.6 Å². The maximum absolute atomic E-state index is 5.53. The van der Waals surface area contributed by atoms with Crippen molar-refractivity contribution in [2.24, 2.45) is 0 Å². The Balaban J connectivity index is 3.07. The van der Waals surface area contributed by atoms with Crippen LogP contribution in [0.1, 0.15) is 0 Å². The standard InChI is InChI=1S/C6H7ClN2O/c1-10-4-2-3-5(7)9-6(4)8/h2-3H,1H3,(H2,8,9). The van der Waals surface area contributed by atoms with Crippen molar-refractivity contribution in [2.75, 3.05) is 12.8 Å². The number of ether oxygens (including phenoxy) is 1. The van der Waals surface area contributed by atoms with Gasteiger partial charge >= 0.3 is 0 Å². The molecule has 0 saturated carbocycles. The third-order valence-corrected chi connectivity index (χ3v) is 1.28. The molecule has 1 aromatic rings. The second-order valence-corrected chi connectivity index (χ2v) is 2.11. The van der Waals surface area contributed by atoms with Gasteiger partial charge in [0.25, 0.3) is 0 Å². The first-order valence-corrected chi connectivity index (χ1v) is 3.08. The fourth-order valence-corrected chi connectivity index (χ4v) is 0.764. The Morgan fingerprint density at radius 3 is 2.80 bits per heavy atom. The summed E-state index contributed by atoms with van der Waals surface area (Å²) < 4.78 is 4.85. The van der Waals surface area contributed by atoms with Crippen molar-refractivity contribution >= 4 is 17.4 Å². The maximum atomic E-state index is 5.53. The zero-order chi connectivity index (χ0) is 7.56. The third kappa shape index (κ3) is 1.30. The van der Waals surface area contributed by atoms with Crippen LogP contribution in [0.2, 0.25) is 5.15 Å². The van der Waals surface area contributed by atoms with Crippen molar-refractivity contribution in [3.8, 4) is 5.75 Å². The molecule has 1 rings (SSSR count). The number of pyridine rings is 1. The number of methoxy groups -OCH3 is 1. The molecule has 3 nitrogen and oxygen atoms in total. The quantitative estimate of drug-likeness (QED) is 0.628. The van der Waals surface area contributed by atoms with Crippen LogP contribution in [0.3, 0.4) is 0 Å². The molecule has 0 aliphatic rings. The van der Waals surface area contributed by atoms with Crippen LogP contribution in [0.5, 0.6) is 5.75 Å². The summed E-state index contributed by atoms with van der Waals surface area (Å²) in [6.45, 7) is 0. The highest BCUT2D eigenvalue weighted by atomic mass is 35.5. The lowest BCUT2D eigenvalue weighted by molar-refractivity contribution is 0.415. The Hall–Kier alpha value is -0.960. The summed E-state index contributed by atoms with van der Waals surface area (Å²) in [6.07, 6.45) is 0. The molecule has 4 heteroatoms. The number of hydrogen-bond donors (Lipinski definition) is 1. The Labute approximate surface area is 63.8 Å². The average molecular weight is 159 g/mol. The molecule has 54 valence electrons. The molecule has 0 radical (unpaired) electrons. The minimum atomic E-state index is 0.315. The van der Waals surface area contributed by atoms with Gasteiger partial charge in [0.05, 0.1) is 7.11 Å². The number of nitrogens with zero attached hydrogens (tertiary/aromatic N) is 1. The average Bonchev–Trinajstić information content (AvgIpc) is 1.88. The predicted molar refractivity (Wildman–Crippen MR) is 40.2 cm³/mol. The smallest absolute Gasteiger partial charge is 0.167 e. The van der Waals surface area contributed by atoms with Gasteiger partial charge in [-0.15, -0.1) is 0 Å². The van der Waals surface area contributed by atoms with Crippen LogP contribution < -0.4 is 10.5 Å². The number of nitrogens with two attached hydrogens (primary N) is 1. The monoisotopic (exact) mass is 158 g/mol. The summed E-state index contributed by atoms with van der Waals surface area (Å²) in [6, 6.07) is 3.29. The highest BCUT2D eigenvalue weighted by molar-refractivity contribution is 6.29. The number of hydrogen-bond acceptors (Lipinski definition) is 3. The van der Waals surface area contributed by atoms with Gasteiger partial charge in [0.2, 0.25) is 0 Å². The van der Waals surface area contributed by atoms with E-state index in [-0.39, 0.29) is 0 Å². The zero-order valence-corrected chi connectivity index (χ0v) is 6.22. The molecule has 0 unspecified atom stereocenters. The van der Waals surface area contributed by atoms with Gasteiger partial charge in [-0.3, -0.25) is 0 Å². The van der Waals surface area contributed by atoms with Crippen molar-refractivity contribution < 1.29 is 4.74 Å². The van der Waals surface area contributed by atoms with Gasteiger partial charge in [0, 0.05) is 0 Å². The van der Waals surface area contributed by atoms with E-state index in [1.807, 2.05) is 0 Å². The lowest BCUT2D eigenvalue weighted by atomic mass is 10.4. The summed E-state index contributed by atoms with van der Waals surface area (Å²) in [7, 11) is 1.53. The molecule has 0 atom stereocenters. The number of anilines is 1. The van der Waals surface area contributed by atoms with Gasteiger partial charge in [-0.2, -0.15) is 0 Å². The van der Waals surface area contributed by atoms with Crippen molar-refractivity contribution in [1.82, 2.24) is 4.98 Å². The Morgan fingerprint density at radius 2 is 2.30 bits per heavy atom. The summed E-state index contributed by atoms with van der Waals surface area (Å²) in [5.41, 5.74) is 5.41. The van der Waals surface area contributed by atoms with Crippen LogP contribution in [-0.2, 0) is 0 Å². The third-order valence-electron chi connectivity index (χ3n) is 1.07. The number of nitrogen functional groups attached to an aromatic ring is 1. The van der Waals surface area contributed by atoms with Crippen LogP contribution in [0.15, 0.2) is 12.1 Å². The van der Waals surface area contributed by atoms with Crippen LogP contribution in [0, 0.1) is 0 Å². The molecule has 0 aromatic carbocycles. The number of halogens is 1. The van der Waals surface area contributed by atoms with Crippen LogP contribution in [-0.4, -0.2) is 12.1 Å². The number of aromatic nitrogens is 1. The van der Waals surface area contributed by atoms with Gasteiger partial charge in [0.1, 0.15) is 5.15 Å². The Kier molecular flexibility index (Phi) is 1.97. The predicted octanol–water partition coefficient (Wildman–Crippen LogP) is 1.33. The van der Waals surface area contributed by atoms with Gasteiger partial charge in [-0.1, -0.05) is 11.6 Å². The van der Waals surface area contributed by atoms with E-state index in [4.69, 9.17) is 22.1 Å². The maximum Gasteiger partial charge on any atom is 0.167 e. The highest BCUT2D eigenvalue weighted by Gasteiger charge is 1.98. The molecule has 0 bridgehead atoms. The van der Waals surface area contributed by atoms with E-state index in [9.17, 15) is 0 Å². The molecule has 0 saturated heterocycles. The molecule has 0 aliphatic heterocycles. The largest absolute Gasteiger partial charge is 0.493 e. The molecule has 0 aliphatic carbocycles. The fourth-order valence-electron chi connectivity index (χ4n) is 0.610. The second kappa shape index (κ2) is 2.75. The topological polar surface area (TPSA) is 48.1 Å². The molecular weight excluding hydrogens is 152 g/mol. The van der Waals surface area contributed by atoms with E-state index < -0.39 is 0 Å². The zero-order valence-electron chi connectivity index (χ0n) is 5.47. The van der Waals surface area contributed by atoms with E-state index in [2.05, 4.69) is 4.98 Å². The first kappa shape index (κ1) is 7.15. The summed E-state index contributed by atoms with van der Waals surface area (Å²) in [5, 5.41) is 0.373. The van der Waals surface area contributed by atoms with Crippen LogP contribution in [0.25, 0.3) is 0 Å². The minimum absolute atomic E-state index is 0.315. The molecule has 0 fully saturated rings. The molecule has 0 amide bonds. The van der Waals surface area contributed by atoms with Crippen molar-refractivity contribution in [1.29, 1.82) is 0 Å². The van der Waals surface area contributed by atoms with Gasteiger partial charge in [-0.05, 0) is 12.1 Å². The van der Waals surface area contributed by atoms with Gasteiger partial charge < -0.3 is 10.5 Å². The first-order chi connectivity index (χ1) is 4.74. The molecule has 1 heterocycles. The van der Waals surface area contributed by atoms with Crippen molar-refractivity contribution in [3.05, 3.63) is 17.3 Å².